The molecule has 2 unspecified atom stereocenters. The van der Waals surface area contributed by atoms with Gasteiger partial charge in [-0.05, 0) is 31.7 Å². The van der Waals surface area contributed by atoms with Gasteiger partial charge in [0.25, 0.3) is 0 Å². The maximum absolute atomic E-state index is 12.7. The highest BCUT2D eigenvalue weighted by molar-refractivity contribution is 7.15. The van der Waals surface area contributed by atoms with Gasteiger partial charge >= 0.3 is 0 Å². The highest BCUT2D eigenvalue weighted by Crippen LogP contribution is 2.34. The number of rotatable bonds is 4. The summed E-state index contributed by atoms with van der Waals surface area (Å²) in [7, 11) is 0. The number of thiazole rings is 1. The van der Waals surface area contributed by atoms with E-state index >= 15 is 0 Å². The Balaban J connectivity index is 1.45. The van der Waals surface area contributed by atoms with E-state index in [1.807, 2.05) is 43.3 Å². The van der Waals surface area contributed by atoms with Crippen LogP contribution in [-0.4, -0.2) is 10.9 Å². The molecule has 26 heavy (non-hydrogen) atoms. The Morgan fingerprint density at radius 3 is 2.54 bits per heavy atom. The summed E-state index contributed by atoms with van der Waals surface area (Å²) in [6.45, 7) is 2.04. The molecule has 0 saturated carbocycles. The molecule has 4 heteroatoms. The van der Waals surface area contributed by atoms with E-state index in [-0.39, 0.29) is 17.9 Å². The van der Waals surface area contributed by atoms with Crippen molar-refractivity contribution >= 4 is 17.2 Å². The van der Waals surface area contributed by atoms with Crippen molar-refractivity contribution in [3.8, 4) is 10.6 Å². The van der Waals surface area contributed by atoms with Crippen LogP contribution in [0.25, 0.3) is 10.6 Å². The minimum atomic E-state index is 0.0337. The zero-order valence-corrected chi connectivity index (χ0v) is 15.6. The number of aromatic nitrogens is 1. The van der Waals surface area contributed by atoms with Crippen LogP contribution in [0, 0.1) is 5.92 Å². The lowest BCUT2D eigenvalue weighted by Gasteiger charge is -2.23. The average Bonchev–Trinajstić information content (AvgIpc) is 3.12. The molecule has 1 aliphatic carbocycles. The fourth-order valence-corrected chi connectivity index (χ4v) is 4.65. The molecule has 2 atom stereocenters. The van der Waals surface area contributed by atoms with Crippen molar-refractivity contribution in [1.82, 2.24) is 10.3 Å². The van der Waals surface area contributed by atoms with Crippen LogP contribution in [-0.2, 0) is 17.6 Å². The standard InChI is InChI=1S/C22H22N2OS/c1-15(16-8-4-2-5-9-16)23-21(25)18-12-13-19-20(14-18)26-22(24-19)17-10-6-3-7-11-17/h2-11,15,18H,12-14H2,1H3,(H,23,25). The number of hydrogen-bond donors (Lipinski definition) is 1. The molecule has 0 aliphatic heterocycles. The number of fused-ring (bicyclic) bond motifs is 1. The minimum Gasteiger partial charge on any atom is -0.349 e. The maximum atomic E-state index is 12.7. The number of carbonyl (C=O) groups is 1. The molecule has 2 aromatic carbocycles. The van der Waals surface area contributed by atoms with Crippen LogP contribution in [0.4, 0.5) is 0 Å². The van der Waals surface area contributed by atoms with Gasteiger partial charge in [-0.15, -0.1) is 11.3 Å². The first kappa shape index (κ1) is 17.0. The summed E-state index contributed by atoms with van der Waals surface area (Å²) in [5, 5.41) is 4.24. The molecule has 0 bridgehead atoms. The van der Waals surface area contributed by atoms with E-state index in [9.17, 15) is 4.79 Å². The number of nitrogens with one attached hydrogen (secondary N) is 1. The van der Waals surface area contributed by atoms with E-state index in [1.165, 1.54) is 10.6 Å². The lowest BCUT2D eigenvalue weighted by Crippen LogP contribution is -2.35. The van der Waals surface area contributed by atoms with Crippen molar-refractivity contribution in [2.24, 2.45) is 5.92 Å². The van der Waals surface area contributed by atoms with Gasteiger partial charge in [0.1, 0.15) is 5.01 Å². The van der Waals surface area contributed by atoms with Gasteiger partial charge in [0.05, 0.1) is 11.7 Å². The zero-order chi connectivity index (χ0) is 17.9. The third kappa shape index (κ3) is 3.56. The molecule has 4 rings (SSSR count). The molecule has 1 N–H and O–H groups in total. The second kappa shape index (κ2) is 7.42. The largest absolute Gasteiger partial charge is 0.349 e. The Hall–Kier alpha value is -2.46. The lowest BCUT2D eigenvalue weighted by atomic mass is 9.90. The first-order valence-electron chi connectivity index (χ1n) is 9.10. The van der Waals surface area contributed by atoms with Crippen LogP contribution in [0.15, 0.2) is 60.7 Å². The summed E-state index contributed by atoms with van der Waals surface area (Å²) in [5.41, 5.74) is 3.47. The van der Waals surface area contributed by atoms with Crippen molar-refractivity contribution in [2.45, 2.75) is 32.2 Å². The van der Waals surface area contributed by atoms with Gasteiger partial charge in [0.2, 0.25) is 5.91 Å². The molecule has 0 saturated heterocycles. The summed E-state index contributed by atoms with van der Waals surface area (Å²) in [4.78, 5) is 18.8. The van der Waals surface area contributed by atoms with Crippen LogP contribution < -0.4 is 5.32 Å². The summed E-state index contributed by atoms with van der Waals surface area (Å²) in [6, 6.07) is 20.4. The first-order valence-corrected chi connectivity index (χ1v) is 9.91. The Morgan fingerprint density at radius 1 is 1.12 bits per heavy atom. The van der Waals surface area contributed by atoms with Gasteiger partial charge in [-0.25, -0.2) is 4.98 Å². The summed E-state index contributed by atoms with van der Waals surface area (Å²) >= 11 is 1.73. The average molecular weight is 362 g/mol. The first-order chi connectivity index (χ1) is 12.7. The summed E-state index contributed by atoms with van der Waals surface area (Å²) in [6.07, 6.45) is 2.56. The van der Waals surface area contributed by atoms with Gasteiger partial charge in [-0.2, -0.15) is 0 Å². The van der Waals surface area contributed by atoms with E-state index < -0.39 is 0 Å². The summed E-state index contributed by atoms with van der Waals surface area (Å²) < 4.78 is 0. The number of carbonyl (C=O) groups excluding carboxylic acids is 1. The Morgan fingerprint density at radius 2 is 1.81 bits per heavy atom. The molecule has 0 radical (unpaired) electrons. The van der Waals surface area contributed by atoms with Crippen molar-refractivity contribution in [3.05, 3.63) is 76.8 Å². The van der Waals surface area contributed by atoms with Crippen molar-refractivity contribution in [1.29, 1.82) is 0 Å². The molecule has 0 fully saturated rings. The van der Waals surface area contributed by atoms with Gasteiger partial charge in [0.15, 0.2) is 0 Å². The second-order valence-electron chi connectivity index (χ2n) is 6.84. The monoisotopic (exact) mass is 362 g/mol. The van der Waals surface area contributed by atoms with Crippen molar-refractivity contribution < 1.29 is 4.79 Å². The Kier molecular flexibility index (Phi) is 4.85. The molecule has 1 aromatic heterocycles. The number of amides is 1. The van der Waals surface area contributed by atoms with Crippen molar-refractivity contribution in [3.63, 3.8) is 0 Å². The van der Waals surface area contributed by atoms with E-state index in [4.69, 9.17) is 4.98 Å². The molecule has 1 heterocycles. The predicted octanol–water partition coefficient (Wildman–Crippen LogP) is 4.79. The normalized spacial score (nSPS) is 17.3. The van der Waals surface area contributed by atoms with Gasteiger partial charge in [0, 0.05) is 16.4 Å². The van der Waals surface area contributed by atoms with Crippen LogP contribution in [0.2, 0.25) is 0 Å². The summed E-state index contributed by atoms with van der Waals surface area (Å²) in [5.74, 6) is 0.194. The highest BCUT2D eigenvalue weighted by atomic mass is 32.1. The molecule has 0 spiro atoms. The number of benzene rings is 2. The molecule has 3 aromatic rings. The number of nitrogens with zero attached hydrogens (tertiary/aromatic N) is 1. The lowest BCUT2D eigenvalue weighted by molar-refractivity contribution is -0.126. The van der Waals surface area contributed by atoms with Crippen LogP contribution >= 0.6 is 11.3 Å². The van der Waals surface area contributed by atoms with E-state index in [2.05, 4.69) is 29.6 Å². The zero-order valence-electron chi connectivity index (χ0n) is 14.8. The molecular weight excluding hydrogens is 340 g/mol. The van der Waals surface area contributed by atoms with Gasteiger partial charge in [-0.1, -0.05) is 60.7 Å². The van der Waals surface area contributed by atoms with Gasteiger partial charge in [-0.3, -0.25) is 4.79 Å². The van der Waals surface area contributed by atoms with Crippen LogP contribution in [0.3, 0.4) is 0 Å². The molecule has 3 nitrogen and oxygen atoms in total. The second-order valence-corrected chi connectivity index (χ2v) is 7.92. The number of hydrogen-bond acceptors (Lipinski definition) is 3. The Labute approximate surface area is 158 Å². The van der Waals surface area contributed by atoms with Crippen LogP contribution in [0.1, 0.15) is 35.5 Å². The quantitative estimate of drug-likeness (QED) is 0.725. The number of aryl methyl sites for hydroxylation is 1. The fourth-order valence-electron chi connectivity index (χ4n) is 3.46. The van der Waals surface area contributed by atoms with Crippen LogP contribution in [0.5, 0.6) is 0 Å². The van der Waals surface area contributed by atoms with Gasteiger partial charge < -0.3 is 5.32 Å². The third-order valence-corrected chi connectivity index (χ3v) is 6.16. The highest BCUT2D eigenvalue weighted by Gasteiger charge is 2.28. The van der Waals surface area contributed by atoms with Crippen molar-refractivity contribution in [2.75, 3.05) is 0 Å². The molecule has 1 aliphatic rings. The van der Waals surface area contributed by atoms with E-state index in [0.717, 1.165) is 35.4 Å². The maximum Gasteiger partial charge on any atom is 0.223 e. The molecular formula is C22H22N2OS. The molecule has 1 amide bonds. The molecule has 132 valence electrons. The Bertz CT molecular complexity index is 889. The van der Waals surface area contributed by atoms with E-state index in [1.54, 1.807) is 11.3 Å². The topological polar surface area (TPSA) is 42.0 Å². The predicted molar refractivity (Wildman–Crippen MR) is 106 cm³/mol. The fraction of sp³-hybridized carbons (Fsp3) is 0.273. The SMILES string of the molecule is CC(NC(=O)C1CCc2nc(-c3ccccc3)sc2C1)c1ccccc1. The van der Waals surface area contributed by atoms with E-state index in [0.29, 0.717) is 0 Å². The minimum absolute atomic E-state index is 0.0337. The smallest absolute Gasteiger partial charge is 0.223 e. The third-order valence-electron chi connectivity index (χ3n) is 4.99.